The van der Waals surface area contributed by atoms with E-state index in [1.165, 1.54) is 0 Å². The Hall–Kier alpha value is -3.07. The molecule has 0 aliphatic carbocycles. The van der Waals surface area contributed by atoms with E-state index in [4.69, 9.17) is 4.52 Å². The van der Waals surface area contributed by atoms with E-state index in [9.17, 15) is 13.2 Å². The van der Waals surface area contributed by atoms with Gasteiger partial charge in [0.2, 0.25) is 11.7 Å². The fourth-order valence-corrected chi connectivity index (χ4v) is 6.81. The van der Waals surface area contributed by atoms with Gasteiger partial charge >= 0.3 is 0 Å². The van der Waals surface area contributed by atoms with E-state index in [1.807, 2.05) is 32.0 Å². The fourth-order valence-electron chi connectivity index (χ4n) is 4.50. The molecule has 160 valence electrons. The molecule has 8 nitrogen and oxygen atoms in total. The number of rotatable bonds is 3. The van der Waals surface area contributed by atoms with Crippen LogP contribution in [0.2, 0.25) is 0 Å². The number of nitrogens with zero attached hydrogens (tertiary/aromatic N) is 4. The smallest absolute Gasteiger partial charge is 0.253 e. The van der Waals surface area contributed by atoms with Gasteiger partial charge in [-0.3, -0.25) is 9.78 Å². The summed E-state index contributed by atoms with van der Waals surface area (Å²) in [7, 11) is -3.40. The molecule has 1 spiro atoms. The third-order valence-corrected chi connectivity index (χ3v) is 9.08. The lowest BCUT2D eigenvalue weighted by Crippen LogP contribution is -2.67. The number of pyridine rings is 1. The van der Waals surface area contributed by atoms with Gasteiger partial charge in [0.1, 0.15) is 10.4 Å². The van der Waals surface area contributed by atoms with E-state index in [1.54, 1.807) is 29.3 Å². The predicted octanol–water partition coefficient (Wildman–Crippen LogP) is 2.55. The van der Waals surface area contributed by atoms with Crippen molar-refractivity contribution in [3.8, 4) is 11.5 Å². The van der Waals surface area contributed by atoms with Crippen LogP contribution in [0.25, 0.3) is 11.5 Å². The van der Waals surface area contributed by atoms with Crippen molar-refractivity contribution < 1.29 is 17.7 Å². The van der Waals surface area contributed by atoms with Crippen LogP contribution < -0.4 is 0 Å². The molecule has 2 aliphatic rings. The minimum absolute atomic E-state index is 0.0463. The summed E-state index contributed by atoms with van der Waals surface area (Å²) in [5.41, 5.74) is 3.27. The van der Waals surface area contributed by atoms with Gasteiger partial charge in [-0.15, -0.1) is 0 Å². The van der Waals surface area contributed by atoms with Crippen LogP contribution in [0.4, 0.5) is 0 Å². The first-order valence-electron chi connectivity index (χ1n) is 10.1. The fraction of sp³-hybridized carbons (Fsp3) is 0.364. The van der Waals surface area contributed by atoms with Crippen molar-refractivity contribution in [2.24, 2.45) is 0 Å². The van der Waals surface area contributed by atoms with Gasteiger partial charge < -0.3 is 9.42 Å². The lowest BCUT2D eigenvalue weighted by Gasteiger charge is -2.49. The van der Waals surface area contributed by atoms with Crippen molar-refractivity contribution in [1.29, 1.82) is 0 Å². The second-order valence-corrected chi connectivity index (χ2v) is 10.8. The van der Waals surface area contributed by atoms with E-state index >= 15 is 0 Å². The van der Waals surface area contributed by atoms with Crippen LogP contribution in [0.3, 0.4) is 0 Å². The predicted molar refractivity (Wildman–Crippen MR) is 113 cm³/mol. The number of hydrogen-bond donors (Lipinski definition) is 0. The second kappa shape index (κ2) is 6.98. The Morgan fingerprint density at radius 2 is 1.97 bits per heavy atom. The Morgan fingerprint density at radius 3 is 2.68 bits per heavy atom. The van der Waals surface area contributed by atoms with E-state index in [2.05, 4.69) is 15.1 Å². The topological polar surface area (TPSA) is 106 Å². The lowest BCUT2D eigenvalue weighted by atomic mass is 9.82. The van der Waals surface area contributed by atoms with Gasteiger partial charge in [0.25, 0.3) is 5.91 Å². The van der Waals surface area contributed by atoms with Crippen molar-refractivity contribution >= 4 is 15.7 Å². The summed E-state index contributed by atoms with van der Waals surface area (Å²) >= 11 is 0. The van der Waals surface area contributed by atoms with Crippen molar-refractivity contribution in [2.45, 2.75) is 30.9 Å². The highest BCUT2D eigenvalue weighted by Gasteiger charge is 2.64. The third-order valence-electron chi connectivity index (χ3n) is 6.52. The van der Waals surface area contributed by atoms with Gasteiger partial charge in [0, 0.05) is 24.8 Å². The first kappa shape index (κ1) is 19.9. The average Bonchev–Trinajstić information content (AvgIpc) is 3.31. The minimum Gasteiger partial charge on any atom is -0.339 e. The third kappa shape index (κ3) is 3.06. The van der Waals surface area contributed by atoms with Gasteiger partial charge in [-0.1, -0.05) is 17.3 Å². The molecule has 2 saturated heterocycles. The van der Waals surface area contributed by atoms with Crippen LogP contribution >= 0.6 is 0 Å². The Kier molecular flexibility index (Phi) is 4.47. The Labute approximate surface area is 180 Å². The molecule has 2 aromatic heterocycles. The van der Waals surface area contributed by atoms with E-state index in [-0.39, 0.29) is 24.7 Å². The molecule has 0 radical (unpaired) electrons. The highest BCUT2D eigenvalue weighted by molar-refractivity contribution is 7.93. The number of carbonyl (C=O) groups is 1. The number of aryl methyl sites for hydroxylation is 2. The normalized spacial score (nSPS) is 21.2. The largest absolute Gasteiger partial charge is 0.339 e. The van der Waals surface area contributed by atoms with Crippen LogP contribution in [0.15, 0.2) is 47.1 Å². The van der Waals surface area contributed by atoms with Crippen molar-refractivity contribution in [3.05, 3.63) is 65.2 Å². The molecule has 9 heteroatoms. The number of likely N-dealkylation sites (tertiary alicyclic amines) is 1. The molecule has 1 amide bonds. The highest BCUT2D eigenvalue weighted by Crippen LogP contribution is 2.50. The molecule has 0 saturated carbocycles. The molecule has 31 heavy (non-hydrogen) atoms. The molecular formula is C22H22N4O4S. The maximum Gasteiger partial charge on any atom is 0.253 e. The zero-order valence-corrected chi connectivity index (χ0v) is 18.1. The van der Waals surface area contributed by atoms with Gasteiger partial charge in [0.15, 0.2) is 9.84 Å². The van der Waals surface area contributed by atoms with Crippen LogP contribution in [0, 0.1) is 13.8 Å². The summed E-state index contributed by atoms with van der Waals surface area (Å²) in [6, 6.07) is 10.9. The standard InChI is InChI=1S/C22H22N4O4S/c1-14-6-7-16(11-15(14)2)21(27)26-12-22(13-26)17(8-10-31(22,28)29)20-24-19(25-30-20)18-5-3-4-9-23-18/h3-7,9,11,17H,8,10,12-13H2,1-2H3. The van der Waals surface area contributed by atoms with Crippen molar-refractivity contribution in [3.63, 3.8) is 0 Å². The molecule has 2 fully saturated rings. The van der Waals surface area contributed by atoms with Crippen LogP contribution in [0.5, 0.6) is 0 Å². The average molecular weight is 439 g/mol. The zero-order valence-electron chi connectivity index (χ0n) is 17.3. The SMILES string of the molecule is Cc1ccc(C(=O)N2CC3(C2)C(c2nc(-c4ccccn4)no2)CCS3(=O)=O)cc1C. The maximum atomic E-state index is 13.0. The minimum atomic E-state index is -3.40. The molecule has 0 bridgehead atoms. The molecule has 4 heterocycles. The maximum absolute atomic E-state index is 13.0. The Balaban J connectivity index is 1.41. The summed E-state index contributed by atoms with van der Waals surface area (Å²) in [6.07, 6.45) is 2.03. The summed E-state index contributed by atoms with van der Waals surface area (Å²) in [5.74, 6) is 0.0722. The Bertz CT molecular complexity index is 1260. The van der Waals surface area contributed by atoms with Gasteiger partial charge in [-0.25, -0.2) is 8.42 Å². The molecule has 1 unspecified atom stereocenters. The Morgan fingerprint density at radius 1 is 1.16 bits per heavy atom. The first-order chi connectivity index (χ1) is 14.8. The highest BCUT2D eigenvalue weighted by atomic mass is 32.2. The molecule has 1 atom stereocenters. The molecule has 0 N–H and O–H groups in total. The lowest BCUT2D eigenvalue weighted by molar-refractivity contribution is 0.0504. The molecule has 1 aromatic carbocycles. The molecule has 5 rings (SSSR count). The number of sulfone groups is 1. The number of benzene rings is 1. The van der Waals surface area contributed by atoms with E-state index in [0.29, 0.717) is 29.4 Å². The van der Waals surface area contributed by atoms with Gasteiger partial charge in [-0.2, -0.15) is 4.98 Å². The summed E-state index contributed by atoms with van der Waals surface area (Å²) in [6.45, 7) is 4.21. The zero-order chi connectivity index (χ0) is 21.8. The van der Waals surface area contributed by atoms with Crippen molar-refractivity contribution in [1.82, 2.24) is 20.0 Å². The van der Waals surface area contributed by atoms with Crippen molar-refractivity contribution in [2.75, 3.05) is 18.8 Å². The van der Waals surface area contributed by atoms with Crippen LogP contribution in [-0.4, -0.2) is 57.9 Å². The summed E-state index contributed by atoms with van der Waals surface area (Å²) in [5, 5.41) is 4.00. The van der Waals surface area contributed by atoms with Gasteiger partial charge in [0.05, 0.1) is 11.7 Å². The van der Waals surface area contributed by atoms with Crippen LogP contribution in [0.1, 0.15) is 39.7 Å². The molecular weight excluding hydrogens is 416 g/mol. The van der Waals surface area contributed by atoms with Crippen LogP contribution in [-0.2, 0) is 9.84 Å². The number of carbonyl (C=O) groups excluding carboxylic acids is 1. The first-order valence-corrected chi connectivity index (χ1v) is 11.8. The van der Waals surface area contributed by atoms with E-state index in [0.717, 1.165) is 11.1 Å². The number of hydrogen-bond acceptors (Lipinski definition) is 7. The molecule has 3 aromatic rings. The summed E-state index contributed by atoms with van der Waals surface area (Å²) < 4.78 is 30.4. The van der Waals surface area contributed by atoms with E-state index < -0.39 is 20.5 Å². The van der Waals surface area contributed by atoms with Gasteiger partial charge in [-0.05, 0) is 55.7 Å². The number of amides is 1. The second-order valence-electron chi connectivity index (χ2n) is 8.36. The molecule has 2 aliphatic heterocycles. The number of aromatic nitrogens is 3. The summed E-state index contributed by atoms with van der Waals surface area (Å²) in [4.78, 5) is 23.2. The monoisotopic (exact) mass is 438 g/mol. The quantitative estimate of drug-likeness (QED) is 0.619.